The summed E-state index contributed by atoms with van der Waals surface area (Å²) in [5.41, 5.74) is 9.28. The predicted molar refractivity (Wildman–Crippen MR) is 80.9 cm³/mol. The molecule has 0 aromatic heterocycles. The average Bonchev–Trinajstić information content (AvgIpc) is 2.83. The van der Waals surface area contributed by atoms with Crippen molar-refractivity contribution in [3.05, 3.63) is 53.6 Å². The Hall–Kier alpha value is -1.61. The van der Waals surface area contributed by atoms with Gasteiger partial charge in [-0.25, -0.2) is 0 Å². The van der Waals surface area contributed by atoms with Crippen LogP contribution in [0.2, 0.25) is 0 Å². The Labute approximate surface area is 118 Å². The van der Waals surface area contributed by atoms with E-state index in [1.54, 1.807) is 0 Å². The fourth-order valence-electron chi connectivity index (χ4n) is 2.32. The third-order valence-corrected chi connectivity index (χ3v) is 4.76. The van der Waals surface area contributed by atoms with Gasteiger partial charge in [-0.15, -0.1) is 11.8 Å². The molecule has 1 aliphatic rings. The summed E-state index contributed by atoms with van der Waals surface area (Å²) in [6.07, 6.45) is 1.27. The quantitative estimate of drug-likeness (QED) is 0.683. The number of hydrogen-bond donors (Lipinski definition) is 1. The zero-order valence-electron chi connectivity index (χ0n) is 10.9. The van der Waals surface area contributed by atoms with Crippen molar-refractivity contribution in [1.82, 2.24) is 0 Å². The smallest absolute Gasteiger partial charge is 0.123 e. The minimum absolute atomic E-state index is 0.267. The van der Waals surface area contributed by atoms with Crippen LogP contribution in [0.25, 0.3) is 0 Å². The van der Waals surface area contributed by atoms with Crippen molar-refractivity contribution < 1.29 is 4.74 Å². The lowest BCUT2D eigenvalue weighted by atomic mass is 10.1. The second kappa shape index (κ2) is 5.17. The molecular weight excluding hydrogens is 254 g/mol. The molecule has 0 fully saturated rings. The summed E-state index contributed by atoms with van der Waals surface area (Å²) in [5.74, 6) is 2.00. The molecule has 0 saturated carbocycles. The first-order valence-corrected chi connectivity index (χ1v) is 7.45. The molecule has 2 aromatic carbocycles. The summed E-state index contributed by atoms with van der Waals surface area (Å²) in [4.78, 5) is 1.25. The van der Waals surface area contributed by atoms with Gasteiger partial charge < -0.3 is 10.5 Å². The van der Waals surface area contributed by atoms with Crippen molar-refractivity contribution >= 4 is 17.4 Å². The molecule has 2 aromatic rings. The number of para-hydroxylation sites is 1. The van der Waals surface area contributed by atoms with E-state index in [2.05, 4.69) is 25.1 Å². The molecule has 3 heteroatoms. The number of ether oxygens (including phenoxy) is 1. The number of anilines is 1. The summed E-state index contributed by atoms with van der Waals surface area (Å²) >= 11 is 1.82. The van der Waals surface area contributed by atoms with Gasteiger partial charge in [0.15, 0.2) is 0 Å². The van der Waals surface area contributed by atoms with Crippen molar-refractivity contribution in [3.63, 3.8) is 0 Å². The molecule has 1 unspecified atom stereocenters. The molecule has 1 atom stereocenters. The highest BCUT2D eigenvalue weighted by molar-refractivity contribution is 7.99. The van der Waals surface area contributed by atoms with Crippen LogP contribution in [0.4, 0.5) is 5.69 Å². The van der Waals surface area contributed by atoms with E-state index in [0.29, 0.717) is 0 Å². The largest absolute Gasteiger partial charge is 0.489 e. The number of nitrogens with two attached hydrogens (primary N) is 1. The molecule has 0 saturated heterocycles. The highest BCUT2D eigenvalue weighted by Gasteiger charge is 2.22. The van der Waals surface area contributed by atoms with Gasteiger partial charge in [0, 0.05) is 22.8 Å². The molecule has 1 aliphatic heterocycles. The van der Waals surface area contributed by atoms with E-state index in [1.165, 1.54) is 16.0 Å². The van der Waals surface area contributed by atoms with Gasteiger partial charge in [-0.3, -0.25) is 0 Å². The number of hydrogen-bond acceptors (Lipinski definition) is 3. The summed E-state index contributed by atoms with van der Waals surface area (Å²) in [6.45, 7) is 2.07. The number of benzene rings is 2. The van der Waals surface area contributed by atoms with Crippen molar-refractivity contribution in [3.8, 4) is 5.75 Å². The highest BCUT2D eigenvalue weighted by atomic mass is 32.2. The molecular formula is C16H17NOS. The second-order valence-electron chi connectivity index (χ2n) is 4.83. The van der Waals surface area contributed by atoms with E-state index in [-0.39, 0.29) is 6.10 Å². The van der Waals surface area contributed by atoms with Crippen LogP contribution in [0, 0.1) is 6.92 Å². The van der Waals surface area contributed by atoms with Gasteiger partial charge in [0.25, 0.3) is 0 Å². The zero-order valence-corrected chi connectivity index (χ0v) is 11.7. The molecule has 19 heavy (non-hydrogen) atoms. The van der Waals surface area contributed by atoms with Gasteiger partial charge in [-0.2, -0.15) is 0 Å². The topological polar surface area (TPSA) is 35.2 Å². The normalized spacial score (nSPS) is 17.0. The van der Waals surface area contributed by atoms with Crippen molar-refractivity contribution in [1.29, 1.82) is 0 Å². The Balaban J connectivity index is 1.64. The fourth-order valence-corrected chi connectivity index (χ4v) is 3.38. The van der Waals surface area contributed by atoms with Crippen LogP contribution in [0.1, 0.15) is 11.1 Å². The van der Waals surface area contributed by atoms with Crippen LogP contribution in [0.5, 0.6) is 5.75 Å². The van der Waals surface area contributed by atoms with Crippen LogP contribution in [0.3, 0.4) is 0 Å². The van der Waals surface area contributed by atoms with Gasteiger partial charge in [0.05, 0.1) is 0 Å². The zero-order chi connectivity index (χ0) is 13.2. The van der Waals surface area contributed by atoms with E-state index in [4.69, 9.17) is 10.5 Å². The second-order valence-corrected chi connectivity index (χ2v) is 5.89. The number of thioether (sulfide) groups is 1. The Morgan fingerprint density at radius 3 is 2.89 bits per heavy atom. The van der Waals surface area contributed by atoms with Crippen LogP contribution in [0.15, 0.2) is 47.4 Å². The van der Waals surface area contributed by atoms with Gasteiger partial charge in [-0.05, 0) is 36.2 Å². The molecule has 0 bridgehead atoms. The van der Waals surface area contributed by atoms with Gasteiger partial charge in [0.2, 0.25) is 0 Å². The lowest BCUT2D eigenvalue weighted by Crippen LogP contribution is -2.15. The summed E-state index contributed by atoms with van der Waals surface area (Å²) in [5, 5.41) is 0. The predicted octanol–water partition coefficient (Wildman–Crippen LogP) is 3.67. The van der Waals surface area contributed by atoms with E-state index >= 15 is 0 Å². The SMILES string of the molecule is Cc1c(N)cccc1SCC1Cc2ccccc2O1. The number of rotatable bonds is 3. The van der Waals surface area contributed by atoms with Crippen molar-refractivity contribution in [2.45, 2.75) is 24.3 Å². The fraction of sp³-hybridized carbons (Fsp3) is 0.250. The third-order valence-electron chi connectivity index (χ3n) is 3.46. The Bertz CT molecular complexity index is 572. The molecule has 98 valence electrons. The monoisotopic (exact) mass is 271 g/mol. The maximum absolute atomic E-state index is 5.95. The van der Waals surface area contributed by atoms with Crippen LogP contribution < -0.4 is 10.5 Å². The summed E-state index contributed by atoms with van der Waals surface area (Å²) < 4.78 is 5.95. The van der Waals surface area contributed by atoms with Crippen molar-refractivity contribution in [2.75, 3.05) is 11.5 Å². The first-order chi connectivity index (χ1) is 9.24. The maximum atomic E-state index is 5.95. The lowest BCUT2D eigenvalue weighted by Gasteiger charge is -2.12. The van der Waals surface area contributed by atoms with Crippen molar-refractivity contribution in [2.24, 2.45) is 0 Å². The van der Waals surface area contributed by atoms with Gasteiger partial charge in [0.1, 0.15) is 11.9 Å². The maximum Gasteiger partial charge on any atom is 0.123 e. The van der Waals surface area contributed by atoms with E-state index < -0.39 is 0 Å². The molecule has 3 rings (SSSR count). The van der Waals surface area contributed by atoms with E-state index in [1.807, 2.05) is 36.0 Å². The Kier molecular flexibility index (Phi) is 3.38. The minimum Gasteiger partial charge on any atom is -0.489 e. The van der Waals surface area contributed by atoms with Gasteiger partial charge >= 0.3 is 0 Å². The van der Waals surface area contributed by atoms with E-state index in [9.17, 15) is 0 Å². The minimum atomic E-state index is 0.267. The summed E-state index contributed by atoms with van der Waals surface area (Å²) in [7, 11) is 0. The number of nitrogen functional groups attached to an aromatic ring is 1. The first-order valence-electron chi connectivity index (χ1n) is 6.46. The van der Waals surface area contributed by atoms with E-state index in [0.717, 1.165) is 23.6 Å². The van der Waals surface area contributed by atoms with Gasteiger partial charge in [-0.1, -0.05) is 24.3 Å². The molecule has 1 heterocycles. The number of fused-ring (bicyclic) bond motifs is 1. The Morgan fingerprint density at radius 2 is 2.05 bits per heavy atom. The summed E-state index contributed by atoms with van der Waals surface area (Å²) in [6, 6.07) is 14.4. The molecule has 2 nitrogen and oxygen atoms in total. The van der Waals surface area contributed by atoms with Crippen LogP contribution in [-0.2, 0) is 6.42 Å². The van der Waals surface area contributed by atoms with Crippen LogP contribution in [-0.4, -0.2) is 11.9 Å². The molecule has 0 amide bonds. The molecule has 2 N–H and O–H groups in total. The van der Waals surface area contributed by atoms with Crippen LogP contribution >= 0.6 is 11.8 Å². The standard InChI is InChI=1S/C16H17NOS/c1-11-14(17)6-4-8-16(11)19-10-13-9-12-5-2-3-7-15(12)18-13/h2-8,13H,9-10,17H2,1H3. The molecule has 0 radical (unpaired) electrons. The molecule has 0 spiro atoms. The molecule has 0 aliphatic carbocycles. The Morgan fingerprint density at radius 1 is 1.21 bits per heavy atom. The lowest BCUT2D eigenvalue weighted by molar-refractivity contribution is 0.259. The third kappa shape index (κ3) is 2.56. The highest BCUT2D eigenvalue weighted by Crippen LogP contribution is 2.32. The average molecular weight is 271 g/mol. The first kappa shape index (κ1) is 12.4.